The average Bonchev–Trinajstić information content (AvgIpc) is 3.21. The maximum Gasteiger partial charge on any atom is 0.247 e. The van der Waals surface area contributed by atoms with Crippen LogP contribution in [0.2, 0.25) is 0 Å². The van der Waals surface area contributed by atoms with Crippen LogP contribution in [0.1, 0.15) is 69.4 Å². The molecule has 0 saturated heterocycles. The molecule has 1 aromatic carbocycles. The fourth-order valence-corrected chi connectivity index (χ4v) is 4.56. The standard InChI is InChI=1S/C21H28ClFN2O2/c22-14-19(26)25(18-8-4-5-9-18)20(15-10-12-16(23)13-11-15)21(27)24-17-6-2-1-3-7-17/h10-13,17-18,20H,1-9,14H2,(H,24,27)/t20-/m1/s1. The molecular weight excluding hydrogens is 367 g/mol. The minimum absolute atomic E-state index is 0.00316. The van der Waals surface area contributed by atoms with E-state index in [4.69, 9.17) is 11.6 Å². The lowest BCUT2D eigenvalue weighted by molar-refractivity contribution is -0.142. The Morgan fingerprint density at radius 2 is 1.63 bits per heavy atom. The molecule has 2 saturated carbocycles. The number of alkyl halides is 1. The molecule has 0 spiro atoms. The minimum Gasteiger partial charge on any atom is -0.351 e. The van der Waals surface area contributed by atoms with Crippen molar-refractivity contribution in [3.8, 4) is 0 Å². The molecule has 2 fully saturated rings. The Balaban J connectivity index is 1.90. The third kappa shape index (κ3) is 5.01. The van der Waals surface area contributed by atoms with Gasteiger partial charge in [0.15, 0.2) is 0 Å². The monoisotopic (exact) mass is 394 g/mol. The second-order valence-electron chi connectivity index (χ2n) is 7.67. The first kappa shape index (κ1) is 20.1. The van der Waals surface area contributed by atoms with Crippen LogP contribution in [0, 0.1) is 5.82 Å². The maximum absolute atomic E-state index is 13.4. The van der Waals surface area contributed by atoms with Gasteiger partial charge in [0, 0.05) is 12.1 Å². The van der Waals surface area contributed by atoms with Crippen molar-refractivity contribution in [1.29, 1.82) is 0 Å². The van der Waals surface area contributed by atoms with Gasteiger partial charge in [-0.15, -0.1) is 11.6 Å². The summed E-state index contributed by atoms with van der Waals surface area (Å²) in [5, 5.41) is 3.15. The van der Waals surface area contributed by atoms with Gasteiger partial charge >= 0.3 is 0 Å². The summed E-state index contributed by atoms with van der Waals surface area (Å²) in [7, 11) is 0. The predicted octanol–water partition coefficient (Wildman–Crippen LogP) is 4.33. The van der Waals surface area contributed by atoms with Gasteiger partial charge in [0.1, 0.15) is 17.7 Å². The van der Waals surface area contributed by atoms with Crippen LogP contribution in [0.5, 0.6) is 0 Å². The fourth-order valence-electron chi connectivity index (χ4n) is 4.42. The molecule has 0 unspecified atom stereocenters. The Morgan fingerprint density at radius 3 is 2.22 bits per heavy atom. The van der Waals surface area contributed by atoms with Crippen molar-refractivity contribution in [3.05, 3.63) is 35.6 Å². The van der Waals surface area contributed by atoms with Crippen LogP contribution in [0.15, 0.2) is 24.3 Å². The first-order chi connectivity index (χ1) is 13.1. The van der Waals surface area contributed by atoms with Crippen LogP contribution in [-0.4, -0.2) is 34.7 Å². The van der Waals surface area contributed by atoms with Gasteiger partial charge < -0.3 is 10.2 Å². The van der Waals surface area contributed by atoms with E-state index in [9.17, 15) is 14.0 Å². The zero-order chi connectivity index (χ0) is 19.2. The Hall–Kier alpha value is -1.62. The summed E-state index contributed by atoms with van der Waals surface area (Å²) in [5.41, 5.74) is 0.634. The molecule has 1 N–H and O–H groups in total. The maximum atomic E-state index is 13.4. The van der Waals surface area contributed by atoms with Crippen LogP contribution in [0.4, 0.5) is 4.39 Å². The molecule has 0 aromatic heterocycles. The van der Waals surface area contributed by atoms with Gasteiger partial charge in [-0.2, -0.15) is 0 Å². The SMILES string of the molecule is O=C(NC1CCCCC1)[C@@H](c1ccc(F)cc1)N(C(=O)CCl)C1CCCC1. The molecule has 0 radical (unpaired) electrons. The summed E-state index contributed by atoms with van der Waals surface area (Å²) in [6.07, 6.45) is 9.18. The lowest BCUT2D eigenvalue weighted by Crippen LogP contribution is -2.50. The highest BCUT2D eigenvalue weighted by atomic mass is 35.5. The van der Waals surface area contributed by atoms with Crippen molar-refractivity contribution in [2.24, 2.45) is 0 Å². The summed E-state index contributed by atoms with van der Waals surface area (Å²) in [5.74, 6) is -0.943. The Kier molecular flexibility index (Phi) is 7.11. The molecule has 6 heteroatoms. The van der Waals surface area contributed by atoms with Crippen LogP contribution in [0.25, 0.3) is 0 Å². The number of carbonyl (C=O) groups excluding carboxylic acids is 2. The smallest absolute Gasteiger partial charge is 0.247 e. The zero-order valence-corrected chi connectivity index (χ0v) is 16.4. The third-order valence-corrected chi connectivity index (χ3v) is 6.01. The topological polar surface area (TPSA) is 49.4 Å². The number of nitrogens with one attached hydrogen (secondary N) is 1. The summed E-state index contributed by atoms with van der Waals surface area (Å²) < 4.78 is 13.4. The van der Waals surface area contributed by atoms with E-state index in [1.165, 1.54) is 18.6 Å². The number of rotatable bonds is 6. The molecular formula is C21H28ClFN2O2. The van der Waals surface area contributed by atoms with Crippen molar-refractivity contribution in [3.63, 3.8) is 0 Å². The minimum atomic E-state index is -0.762. The van der Waals surface area contributed by atoms with Gasteiger partial charge in [-0.05, 0) is 43.4 Å². The van der Waals surface area contributed by atoms with Crippen molar-refractivity contribution in [2.45, 2.75) is 75.9 Å². The van der Waals surface area contributed by atoms with Crippen molar-refractivity contribution < 1.29 is 14.0 Å². The number of halogens is 2. The second-order valence-corrected chi connectivity index (χ2v) is 7.94. The van der Waals surface area contributed by atoms with Gasteiger partial charge in [-0.3, -0.25) is 9.59 Å². The summed E-state index contributed by atoms with van der Waals surface area (Å²) in [4.78, 5) is 27.6. The van der Waals surface area contributed by atoms with E-state index in [-0.39, 0.29) is 35.6 Å². The molecule has 1 atom stereocenters. The Labute approximate surface area is 165 Å². The number of hydrogen-bond donors (Lipinski definition) is 1. The fraction of sp³-hybridized carbons (Fsp3) is 0.619. The summed E-state index contributed by atoms with van der Waals surface area (Å²) in [6.45, 7) is 0. The first-order valence-corrected chi connectivity index (χ1v) is 10.6. The number of amides is 2. The lowest BCUT2D eigenvalue weighted by atomic mass is 9.94. The van der Waals surface area contributed by atoms with Gasteiger partial charge in [0.25, 0.3) is 0 Å². The molecule has 3 rings (SSSR count). The van der Waals surface area contributed by atoms with E-state index >= 15 is 0 Å². The molecule has 0 aliphatic heterocycles. The third-order valence-electron chi connectivity index (χ3n) is 5.78. The summed E-state index contributed by atoms with van der Waals surface area (Å²) in [6, 6.07) is 5.27. The van der Waals surface area contributed by atoms with Crippen LogP contribution in [-0.2, 0) is 9.59 Å². The molecule has 0 bridgehead atoms. The van der Waals surface area contributed by atoms with E-state index in [2.05, 4.69) is 5.32 Å². The zero-order valence-electron chi connectivity index (χ0n) is 15.6. The molecule has 4 nitrogen and oxygen atoms in total. The van der Waals surface area contributed by atoms with Crippen molar-refractivity contribution in [2.75, 3.05) is 5.88 Å². The van der Waals surface area contributed by atoms with Crippen LogP contribution in [0.3, 0.4) is 0 Å². The number of carbonyl (C=O) groups is 2. The van der Waals surface area contributed by atoms with Crippen molar-refractivity contribution in [1.82, 2.24) is 10.2 Å². The predicted molar refractivity (Wildman–Crippen MR) is 104 cm³/mol. The highest BCUT2D eigenvalue weighted by molar-refractivity contribution is 6.27. The number of nitrogens with zero attached hydrogens (tertiary/aromatic N) is 1. The van der Waals surface area contributed by atoms with E-state index in [1.807, 2.05) is 0 Å². The van der Waals surface area contributed by atoms with Gasteiger partial charge in [-0.1, -0.05) is 44.2 Å². The highest BCUT2D eigenvalue weighted by Crippen LogP contribution is 2.32. The molecule has 1 aromatic rings. The van der Waals surface area contributed by atoms with Crippen molar-refractivity contribution >= 4 is 23.4 Å². The molecule has 148 valence electrons. The van der Waals surface area contributed by atoms with Gasteiger partial charge in [-0.25, -0.2) is 4.39 Å². The number of hydrogen-bond acceptors (Lipinski definition) is 2. The van der Waals surface area contributed by atoms with Crippen LogP contribution < -0.4 is 5.32 Å². The normalized spacial score (nSPS) is 19.6. The largest absolute Gasteiger partial charge is 0.351 e. The lowest BCUT2D eigenvalue weighted by Gasteiger charge is -2.37. The quantitative estimate of drug-likeness (QED) is 0.730. The second kappa shape index (κ2) is 9.54. The van der Waals surface area contributed by atoms with E-state index in [0.29, 0.717) is 5.56 Å². The average molecular weight is 395 g/mol. The molecule has 2 aliphatic rings. The van der Waals surface area contributed by atoms with Gasteiger partial charge in [0.05, 0.1) is 0 Å². The van der Waals surface area contributed by atoms with E-state index in [1.54, 1.807) is 17.0 Å². The van der Waals surface area contributed by atoms with E-state index < -0.39 is 6.04 Å². The van der Waals surface area contributed by atoms with Crippen LogP contribution >= 0.6 is 11.6 Å². The van der Waals surface area contributed by atoms with Gasteiger partial charge in [0.2, 0.25) is 11.8 Å². The molecule has 2 amide bonds. The summed E-state index contributed by atoms with van der Waals surface area (Å²) >= 11 is 5.90. The Morgan fingerprint density at radius 1 is 1.04 bits per heavy atom. The number of benzene rings is 1. The molecule has 2 aliphatic carbocycles. The molecule has 27 heavy (non-hydrogen) atoms. The Bertz CT molecular complexity index is 640. The van der Waals surface area contributed by atoms with E-state index in [0.717, 1.165) is 51.4 Å². The molecule has 0 heterocycles. The first-order valence-electron chi connectivity index (χ1n) is 10.0. The highest BCUT2D eigenvalue weighted by Gasteiger charge is 2.37.